The number of fused-ring (bicyclic) bond motifs is 1. The Kier molecular flexibility index (Phi) is 3.74. The summed E-state index contributed by atoms with van der Waals surface area (Å²) in [5.74, 6) is 0.607. The number of hydrogen-bond acceptors (Lipinski definition) is 6. The Balaban J connectivity index is 1.70. The summed E-state index contributed by atoms with van der Waals surface area (Å²) < 4.78 is 5.68. The fourth-order valence-corrected chi connectivity index (χ4v) is 3.11. The average Bonchev–Trinajstić information content (AvgIpc) is 2.94. The molecule has 3 N–H and O–H groups in total. The molecule has 2 heterocycles. The van der Waals surface area contributed by atoms with Gasteiger partial charge in [-0.25, -0.2) is 0 Å². The minimum absolute atomic E-state index is 0.0479. The topological polar surface area (TPSA) is 90.1 Å². The SMILES string of the molecule is CC(C)(NC(=O)[C@@H]1COc2ccccc2C1)c1nnc(N)s1. The van der Waals surface area contributed by atoms with Gasteiger partial charge in [0.25, 0.3) is 0 Å². The van der Waals surface area contributed by atoms with Gasteiger partial charge < -0.3 is 15.8 Å². The molecule has 2 aromatic rings. The summed E-state index contributed by atoms with van der Waals surface area (Å²) in [6.45, 7) is 4.17. The molecule has 1 atom stereocenters. The molecular weight excluding hydrogens is 300 g/mol. The number of amides is 1. The average molecular weight is 318 g/mol. The summed E-state index contributed by atoms with van der Waals surface area (Å²) in [4.78, 5) is 12.5. The van der Waals surface area contributed by atoms with Crippen molar-refractivity contribution in [2.75, 3.05) is 12.3 Å². The molecule has 0 fully saturated rings. The van der Waals surface area contributed by atoms with Crippen LogP contribution in [0.1, 0.15) is 24.4 Å². The van der Waals surface area contributed by atoms with Gasteiger partial charge in [0, 0.05) is 0 Å². The van der Waals surface area contributed by atoms with E-state index in [9.17, 15) is 4.79 Å². The number of para-hydroxylation sites is 1. The van der Waals surface area contributed by atoms with E-state index < -0.39 is 5.54 Å². The molecule has 1 aliphatic heterocycles. The summed E-state index contributed by atoms with van der Waals surface area (Å²) in [7, 11) is 0. The van der Waals surface area contributed by atoms with Crippen molar-refractivity contribution in [3.63, 3.8) is 0 Å². The van der Waals surface area contributed by atoms with Gasteiger partial charge in [-0.05, 0) is 31.9 Å². The molecule has 0 saturated carbocycles. The van der Waals surface area contributed by atoms with Crippen LogP contribution < -0.4 is 15.8 Å². The number of hydrogen-bond donors (Lipinski definition) is 2. The molecule has 22 heavy (non-hydrogen) atoms. The minimum atomic E-state index is -0.608. The number of rotatable bonds is 3. The Morgan fingerprint density at radius 2 is 2.18 bits per heavy atom. The van der Waals surface area contributed by atoms with E-state index in [2.05, 4.69) is 15.5 Å². The number of benzene rings is 1. The third-order valence-corrected chi connectivity index (χ3v) is 4.74. The lowest BCUT2D eigenvalue weighted by Gasteiger charge is -2.29. The third-order valence-electron chi connectivity index (χ3n) is 3.66. The minimum Gasteiger partial charge on any atom is -0.492 e. The van der Waals surface area contributed by atoms with Crippen molar-refractivity contribution in [3.8, 4) is 5.75 Å². The van der Waals surface area contributed by atoms with Crippen LogP contribution in [0.4, 0.5) is 5.13 Å². The molecule has 0 spiro atoms. The van der Waals surface area contributed by atoms with Gasteiger partial charge in [-0.3, -0.25) is 4.79 Å². The van der Waals surface area contributed by atoms with E-state index in [0.29, 0.717) is 23.2 Å². The molecule has 1 amide bonds. The molecule has 3 rings (SSSR count). The number of nitrogens with one attached hydrogen (secondary N) is 1. The van der Waals surface area contributed by atoms with Crippen molar-refractivity contribution in [3.05, 3.63) is 34.8 Å². The second-order valence-electron chi connectivity index (χ2n) is 5.88. The van der Waals surface area contributed by atoms with Crippen molar-refractivity contribution >= 4 is 22.4 Å². The largest absolute Gasteiger partial charge is 0.492 e. The number of nitrogens with two attached hydrogens (primary N) is 1. The summed E-state index contributed by atoms with van der Waals surface area (Å²) in [6, 6.07) is 7.81. The highest BCUT2D eigenvalue weighted by molar-refractivity contribution is 7.15. The van der Waals surface area contributed by atoms with E-state index in [1.165, 1.54) is 11.3 Å². The Morgan fingerprint density at radius 3 is 2.91 bits per heavy atom. The molecule has 1 aliphatic rings. The molecule has 1 aromatic heterocycles. The number of carbonyl (C=O) groups excluding carboxylic acids is 1. The fraction of sp³-hybridized carbons (Fsp3) is 0.400. The molecule has 0 radical (unpaired) electrons. The van der Waals surface area contributed by atoms with Crippen LogP contribution >= 0.6 is 11.3 Å². The highest BCUT2D eigenvalue weighted by atomic mass is 32.1. The molecule has 0 bridgehead atoms. The second-order valence-corrected chi connectivity index (χ2v) is 6.89. The van der Waals surface area contributed by atoms with Gasteiger partial charge in [-0.15, -0.1) is 10.2 Å². The van der Waals surface area contributed by atoms with Crippen molar-refractivity contribution in [1.29, 1.82) is 0 Å². The van der Waals surface area contributed by atoms with Crippen molar-refractivity contribution in [1.82, 2.24) is 15.5 Å². The van der Waals surface area contributed by atoms with Gasteiger partial charge in [-0.1, -0.05) is 29.5 Å². The molecule has 0 unspecified atom stereocenters. The van der Waals surface area contributed by atoms with Crippen LogP contribution in [0.2, 0.25) is 0 Å². The number of carbonyl (C=O) groups is 1. The maximum Gasteiger partial charge on any atom is 0.227 e. The van der Waals surface area contributed by atoms with Crippen LogP contribution in [0.5, 0.6) is 5.75 Å². The first-order chi connectivity index (χ1) is 10.5. The number of nitrogen functional groups attached to an aromatic ring is 1. The molecule has 116 valence electrons. The van der Waals surface area contributed by atoms with E-state index in [1.54, 1.807) is 0 Å². The van der Waals surface area contributed by atoms with Gasteiger partial charge in [0.1, 0.15) is 17.4 Å². The van der Waals surface area contributed by atoms with Crippen LogP contribution in [-0.4, -0.2) is 22.7 Å². The van der Waals surface area contributed by atoms with E-state index in [1.807, 2.05) is 38.1 Å². The number of aromatic nitrogens is 2. The van der Waals surface area contributed by atoms with Gasteiger partial charge in [0.15, 0.2) is 0 Å². The summed E-state index contributed by atoms with van der Waals surface area (Å²) >= 11 is 1.28. The first kappa shape index (κ1) is 14.8. The highest BCUT2D eigenvalue weighted by Gasteiger charge is 2.32. The maximum atomic E-state index is 12.5. The molecule has 7 heteroatoms. The zero-order valence-electron chi connectivity index (χ0n) is 12.5. The maximum absolute atomic E-state index is 12.5. The first-order valence-corrected chi connectivity index (χ1v) is 7.89. The Bertz CT molecular complexity index is 698. The van der Waals surface area contributed by atoms with Crippen molar-refractivity contribution < 1.29 is 9.53 Å². The predicted molar refractivity (Wildman–Crippen MR) is 84.6 cm³/mol. The van der Waals surface area contributed by atoms with Crippen LogP contribution in [-0.2, 0) is 16.8 Å². The van der Waals surface area contributed by atoms with Crippen molar-refractivity contribution in [2.45, 2.75) is 25.8 Å². The van der Waals surface area contributed by atoms with Crippen LogP contribution in [0, 0.1) is 5.92 Å². The van der Waals surface area contributed by atoms with Crippen molar-refractivity contribution in [2.24, 2.45) is 5.92 Å². The summed E-state index contributed by atoms with van der Waals surface area (Å²) in [6.07, 6.45) is 0.677. The highest BCUT2D eigenvalue weighted by Crippen LogP contribution is 2.29. The van der Waals surface area contributed by atoms with E-state index >= 15 is 0 Å². The number of anilines is 1. The molecule has 1 aromatic carbocycles. The van der Waals surface area contributed by atoms with Gasteiger partial charge in [-0.2, -0.15) is 0 Å². The first-order valence-electron chi connectivity index (χ1n) is 7.08. The molecule has 6 nitrogen and oxygen atoms in total. The van der Waals surface area contributed by atoms with Gasteiger partial charge >= 0.3 is 0 Å². The lowest BCUT2D eigenvalue weighted by molar-refractivity contribution is -0.128. The molecular formula is C15H18N4O2S. The lowest BCUT2D eigenvalue weighted by Crippen LogP contribution is -2.46. The van der Waals surface area contributed by atoms with Crippen LogP contribution in [0.3, 0.4) is 0 Å². The quantitative estimate of drug-likeness (QED) is 0.899. The number of ether oxygens (including phenoxy) is 1. The molecule has 0 aliphatic carbocycles. The van der Waals surface area contributed by atoms with Gasteiger partial charge in [0.05, 0.1) is 11.5 Å². The summed E-state index contributed by atoms with van der Waals surface area (Å²) in [5, 5.41) is 11.9. The van der Waals surface area contributed by atoms with E-state index in [0.717, 1.165) is 11.3 Å². The Labute approximate surface area is 132 Å². The number of nitrogens with zero attached hydrogens (tertiary/aromatic N) is 2. The normalized spacial score (nSPS) is 17.5. The Hall–Kier alpha value is -2.15. The van der Waals surface area contributed by atoms with E-state index in [-0.39, 0.29) is 11.8 Å². The monoisotopic (exact) mass is 318 g/mol. The lowest BCUT2D eigenvalue weighted by atomic mass is 9.94. The summed E-state index contributed by atoms with van der Waals surface area (Å²) in [5.41, 5.74) is 6.07. The van der Waals surface area contributed by atoms with Crippen LogP contribution in [0.15, 0.2) is 24.3 Å². The Morgan fingerprint density at radius 1 is 1.41 bits per heavy atom. The third kappa shape index (κ3) is 2.89. The zero-order chi connectivity index (χ0) is 15.7. The fourth-order valence-electron chi connectivity index (χ4n) is 2.45. The van der Waals surface area contributed by atoms with E-state index in [4.69, 9.17) is 10.5 Å². The smallest absolute Gasteiger partial charge is 0.227 e. The second kappa shape index (κ2) is 5.57. The van der Waals surface area contributed by atoms with Crippen LogP contribution in [0.25, 0.3) is 0 Å². The molecule has 0 saturated heterocycles. The van der Waals surface area contributed by atoms with Gasteiger partial charge in [0.2, 0.25) is 11.0 Å². The predicted octanol–water partition coefficient (Wildman–Crippen LogP) is 1.72. The standard InChI is InChI=1S/C15H18N4O2S/c1-15(2,13-18-19-14(16)22-13)17-12(20)10-7-9-5-3-4-6-11(9)21-8-10/h3-6,10H,7-8H2,1-2H3,(H2,16,19)(H,17,20)/t10-/m0/s1. The zero-order valence-corrected chi connectivity index (χ0v) is 13.3.